The SMILES string of the molecule is COC1=CC(C)C(C(=N)C=S)CC1. The van der Waals surface area contributed by atoms with Gasteiger partial charge in [-0.3, -0.25) is 0 Å². The normalized spacial score (nSPS) is 27.7. The van der Waals surface area contributed by atoms with Gasteiger partial charge in [-0.25, -0.2) is 0 Å². The van der Waals surface area contributed by atoms with E-state index in [-0.39, 0.29) is 5.92 Å². The summed E-state index contributed by atoms with van der Waals surface area (Å²) in [6.07, 6.45) is 4.01. The van der Waals surface area contributed by atoms with Crippen LogP contribution in [0.25, 0.3) is 0 Å². The molecule has 1 aliphatic rings. The van der Waals surface area contributed by atoms with Crippen LogP contribution in [0, 0.1) is 17.2 Å². The van der Waals surface area contributed by atoms with Crippen molar-refractivity contribution in [2.45, 2.75) is 19.8 Å². The van der Waals surface area contributed by atoms with Gasteiger partial charge in [0, 0.05) is 23.4 Å². The summed E-state index contributed by atoms with van der Waals surface area (Å²) < 4.78 is 5.18. The van der Waals surface area contributed by atoms with Gasteiger partial charge in [-0.1, -0.05) is 19.1 Å². The quantitative estimate of drug-likeness (QED) is 0.557. The van der Waals surface area contributed by atoms with Crippen molar-refractivity contribution in [3.63, 3.8) is 0 Å². The fourth-order valence-electron chi connectivity index (χ4n) is 1.75. The van der Waals surface area contributed by atoms with Crippen molar-refractivity contribution in [2.75, 3.05) is 7.11 Å². The summed E-state index contributed by atoms with van der Waals surface area (Å²) >= 11 is 4.76. The van der Waals surface area contributed by atoms with Gasteiger partial charge < -0.3 is 10.1 Å². The first kappa shape index (κ1) is 10.4. The van der Waals surface area contributed by atoms with E-state index in [1.165, 1.54) is 5.37 Å². The number of ether oxygens (including phenoxy) is 1. The van der Waals surface area contributed by atoms with Crippen LogP contribution in [-0.4, -0.2) is 18.2 Å². The van der Waals surface area contributed by atoms with Crippen LogP contribution >= 0.6 is 12.2 Å². The molecule has 72 valence electrons. The molecular formula is C10H15NOS. The van der Waals surface area contributed by atoms with Crippen molar-refractivity contribution in [2.24, 2.45) is 11.8 Å². The van der Waals surface area contributed by atoms with E-state index in [1.807, 2.05) is 0 Å². The standard InChI is InChI=1S/C10H15NOS/c1-7-5-8(12-2)3-4-9(7)10(11)6-13/h5-7,9,11H,3-4H2,1-2H3. The molecule has 1 N–H and O–H groups in total. The highest BCUT2D eigenvalue weighted by Gasteiger charge is 2.24. The predicted molar refractivity (Wildman–Crippen MR) is 58.4 cm³/mol. The molecule has 0 fully saturated rings. The Morgan fingerprint density at radius 3 is 2.92 bits per heavy atom. The summed E-state index contributed by atoms with van der Waals surface area (Å²) in [6.45, 7) is 2.11. The molecule has 2 atom stereocenters. The van der Waals surface area contributed by atoms with Crippen molar-refractivity contribution >= 4 is 23.3 Å². The second-order valence-electron chi connectivity index (χ2n) is 3.41. The zero-order valence-electron chi connectivity index (χ0n) is 8.04. The Balaban J connectivity index is 2.69. The first-order valence-electron chi connectivity index (χ1n) is 4.47. The monoisotopic (exact) mass is 197 g/mol. The van der Waals surface area contributed by atoms with E-state index in [0.29, 0.717) is 11.6 Å². The third-order valence-electron chi connectivity index (χ3n) is 2.57. The summed E-state index contributed by atoms with van der Waals surface area (Å²) in [4.78, 5) is 0. The second-order valence-corrected chi connectivity index (χ2v) is 3.65. The maximum Gasteiger partial charge on any atom is 0.0918 e. The van der Waals surface area contributed by atoms with Gasteiger partial charge in [0.25, 0.3) is 0 Å². The van der Waals surface area contributed by atoms with Crippen LogP contribution < -0.4 is 0 Å². The van der Waals surface area contributed by atoms with Gasteiger partial charge in [-0.05, 0) is 18.4 Å². The minimum atomic E-state index is 0.288. The molecule has 0 saturated heterocycles. The summed E-state index contributed by atoms with van der Waals surface area (Å²) in [5, 5.41) is 9.13. The van der Waals surface area contributed by atoms with E-state index >= 15 is 0 Å². The van der Waals surface area contributed by atoms with E-state index in [9.17, 15) is 0 Å². The molecular weight excluding hydrogens is 182 g/mol. The molecule has 2 unspecified atom stereocenters. The van der Waals surface area contributed by atoms with E-state index in [2.05, 4.69) is 13.0 Å². The molecule has 0 radical (unpaired) electrons. The third kappa shape index (κ3) is 2.37. The first-order valence-corrected chi connectivity index (χ1v) is 4.94. The van der Waals surface area contributed by atoms with E-state index in [1.54, 1.807) is 7.11 Å². The summed E-state index contributed by atoms with van der Waals surface area (Å²) in [5.41, 5.74) is 0.578. The van der Waals surface area contributed by atoms with Crippen LogP contribution in [0.4, 0.5) is 0 Å². The van der Waals surface area contributed by atoms with Crippen molar-refractivity contribution in [1.82, 2.24) is 0 Å². The number of hydrogen-bond acceptors (Lipinski definition) is 3. The number of nitrogens with one attached hydrogen (secondary N) is 1. The molecule has 1 rings (SSSR count). The van der Waals surface area contributed by atoms with Crippen molar-refractivity contribution in [3.05, 3.63) is 11.8 Å². The third-order valence-corrected chi connectivity index (χ3v) is 2.83. The molecule has 0 aromatic heterocycles. The highest BCUT2D eigenvalue weighted by Crippen LogP contribution is 2.29. The lowest BCUT2D eigenvalue weighted by Gasteiger charge is -2.26. The highest BCUT2D eigenvalue weighted by molar-refractivity contribution is 7.80. The van der Waals surface area contributed by atoms with Gasteiger partial charge in [0.1, 0.15) is 0 Å². The average molecular weight is 197 g/mol. The molecule has 0 aromatic rings. The zero-order chi connectivity index (χ0) is 9.84. The minimum absolute atomic E-state index is 0.288. The van der Waals surface area contributed by atoms with Gasteiger partial charge in [-0.15, -0.1) is 0 Å². The smallest absolute Gasteiger partial charge is 0.0918 e. The molecule has 0 spiro atoms. The molecule has 3 heteroatoms. The number of methoxy groups -OCH3 is 1. The molecule has 0 amide bonds. The average Bonchev–Trinajstić information content (AvgIpc) is 2.16. The molecule has 0 aliphatic heterocycles. The number of thiocarbonyl (C=S) groups is 1. The van der Waals surface area contributed by atoms with Gasteiger partial charge in [0.2, 0.25) is 0 Å². The van der Waals surface area contributed by atoms with Gasteiger partial charge in [0.15, 0.2) is 0 Å². The number of allylic oxidation sites excluding steroid dienone is 2. The molecule has 13 heavy (non-hydrogen) atoms. The van der Waals surface area contributed by atoms with Crippen LogP contribution in [0.2, 0.25) is 0 Å². The first-order chi connectivity index (χ1) is 6.19. The van der Waals surface area contributed by atoms with Crippen LogP contribution in [-0.2, 0) is 4.74 Å². The molecule has 0 bridgehead atoms. The Bertz CT molecular complexity index is 247. The molecule has 0 saturated carbocycles. The summed E-state index contributed by atoms with van der Waals surface area (Å²) in [6, 6.07) is 0. The van der Waals surface area contributed by atoms with Gasteiger partial charge in [-0.2, -0.15) is 0 Å². The Kier molecular flexibility index (Phi) is 3.60. The summed E-state index contributed by atoms with van der Waals surface area (Å²) in [5.74, 6) is 1.70. The lowest BCUT2D eigenvalue weighted by molar-refractivity contribution is 0.251. The van der Waals surface area contributed by atoms with Crippen molar-refractivity contribution < 1.29 is 4.74 Å². The lowest BCUT2D eigenvalue weighted by atomic mass is 9.81. The fourth-order valence-corrected chi connectivity index (χ4v) is 1.92. The maximum atomic E-state index is 7.66. The fraction of sp³-hybridized carbons (Fsp3) is 0.600. The Labute approximate surface area is 84.5 Å². The van der Waals surface area contributed by atoms with Crippen LogP contribution in [0.5, 0.6) is 0 Å². The van der Waals surface area contributed by atoms with E-state index in [4.69, 9.17) is 22.4 Å². The minimum Gasteiger partial charge on any atom is -0.501 e. The number of rotatable bonds is 3. The van der Waals surface area contributed by atoms with Crippen LogP contribution in [0.1, 0.15) is 19.8 Å². The Morgan fingerprint density at radius 1 is 1.77 bits per heavy atom. The lowest BCUT2D eigenvalue weighted by Crippen LogP contribution is -2.24. The molecule has 1 aliphatic carbocycles. The topological polar surface area (TPSA) is 33.1 Å². The van der Waals surface area contributed by atoms with Gasteiger partial charge >= 0.3 is 0 Å². The van der Waals surface area contributed by atoms with Crippen LogP contribution in [0.15, 0.2) is 11.8 Å². The highest BCUT2D eigenvalue weighted by atomic mass is 32.1. The summed E-state index contributed by atoms with van der Waals surface area (Å²) in [7, 11) is 1.70. The van der Waals surface area contributed by atoms with Gasteiger partial charge in [0.05, 0.1) is 12.9 Å². The second kappa shape index (κ2) is 4.51. The number of hydrogen-bond donors (Lipinski definition) is 1. The molecule has 2 nitrogen and oxygen atoms in total. The predicted octanol–water partition coefficient (Wildman–Crippen LogP) is 2.58. The molecule has 0 aromatic carbocycles. The Morgan fingerprint density at radius 2 is 2.46 bits per heavy atom. The largest absolute Gasteiger partial charge is 0.501 e. The zero-order valence-corrected chi connectivity index (χ0v) is 8.86. The van der Waals surface area contributed by atoms with Crippen molar-refractivity contribution in [3.8, 4) is 0 Å². The Hall–Kier alpha value is -0.700. The van der Waals surface area contributed by atoms with E-state index in [0.717, 1.165) is 18.6 Å². The van der Waals surface area contributed by atoms with E-state index < -0.39 is 0 Å². The van der Waals surface area contributed by atoms with Crippen LogP contribution in [0.3, 0.4) is 0 Å². The molecule has 0 heterocycles. The van der Waals surface area contributed by atoms with Crippen molar-refractivity contribution in [1.29, 1.82) is 5.41 Å². The maximum absolute atomic E-state index is 7.66.